The molecule has 7 nitrogen and oxygen atoms in total. The summed E-state index contributed by atoms with van der Waals surface area (Å²) in [6.45, 7) is 5.62. The van der Waals surface area contributed by atoms with Crippen LogP contribution in [0.3, 0.4) is 0 Å². The van der Waals surface area contributed by atoms with Gasteiger partial charge in [-0.05, 0) is 18.6 Å². The van der Waals surface area contributed by atoms with Gasteiger partial charge in [0.05, 0.1) is 24.9 Å². The van der Waals surface area contributed by atoms with Crippen LogP contribution in [-0.4, -0.2) is 65.2 Å². The third-order valence-electron chi connectivity index (χ3n) is 4.33. The number of carbonyl (C=O) groups is 1. The predicted molar refractivity (Wildman–Crippen MR) is 88.6 cm³/mol. The molecule has 3 rings (SSSR count). The Morgan fingerprint density at radius 3 is 3.04 bits per heavy atom. The third kappa shape index (κ3) is 4.04. The SMILES string of the molecule is COCCn1cncc1CN1CCCN(C(=O)c2ccco2)CC1. The lowest BCUT2D eigenvalue weighted by atomic mass is 10.3. The van der Waals surface area contributed by atoms with Crippen LogP contribution in [0.25, 0.3) is 0 Å². The molecule has 0 spiro atoms. The maximum absolute atomic E-state index is 12.4. The molecule has 1 amide bonds. The molecule has 0 aromatic carbocycles. The number of amides is 1. The molecule has 130 valence electrons. The second-order valence-electron chi connectivity index (χ2n) is 5.97. The summed E-state index contributed by atoms with van der Waals surface area (Å²) in [5.74, 6) is 0.396. The predicted octanol–water partition coefficient (Wildman–Crippen LogP) is 1.47. The molecular formula is C17H24N4O3. The number of rotatable bonds is 6. The lowest BCUT2D eigenvalue weighted by molar-refractivity contribution is 0.0729. The van der Waals surface area contributed by atoms with Gasteiger partial charge in [0.25, 0.3) is 5.91 Å². The first-order chi connectivity index (χ1) is 11.8. The summed E-state index contributed by atoms with van der Waals surface area (Å²) >= 11 is 0. The van der Waals surface area contributed by atoms with Gasteiger partial charge in [-0.1, -0.05) is 0 Å². The minimum Gasteiger partial charge on any atom is -0.459 e. The third-order valence-corrected chi connectivity index (χ3v) is 4.33. The molecule has 0 aliphatic carbocycles. The van der Waals surface area contributed by atoms with Crippen molar-refractivity contribution in [3.63, 3.8) is 0 Å². The standard InChI is InChI=1S/C17H24N4O3/c1-23-11-9-21-14-18-12-15(21)13-19-5-3-6-20(8-7-19)17(22)16-4-2-10-24-16/h2,4,10,12,14H,3,5-9,11,13H2,1H3. The molecule has 0 atom stereocenters. The Morgan fingerprint density at radius 2 is 2.25 bits per heavy atom. The molecule has 1 aliphatic heterocycles. The van der Waals surface area contributed by atoms with Crippen molar-refractivity contribution in [2.45, 2.75) is 19.5 Å². The number of ether oxygens (including phenoxy) is 1. The number of aromatic nitrogens is 2. The summed E-state index contributed by atoms with van der Waals surface area (Å²) in [5, 5.41) is 0. The van der Waals surface area contributed by atoms with E-state index in [1.807, 2.05) is 17.4 Å². The van der Waals surface area contributed by atoms with E-state index >= 15 is 0 Å². The molecule has 1 fully saturated rings. The molecule has 2 aromatic heterocycles. The molecule has 1 saturated heterocycles. The van der Waals surface area contributed by atoms with Gasteiger partial charge >= 0.3 is 0 Å². The molecule has 0 N–H and O–H groups in total. The number of hydrogen-bond donors (Lipinski definition) is 0. The van der Waals surface area contributed by atoms with E-state index in [0.717, 1.165) is 39.1 Å². The molecule has 1 aliphatic rings. The van der Waals surface area contributed by atoms with Crippen molar-refractivity contribution in [3.05, 3.63) is 42.4 Å². The average molecular weight is 332 g/mol. The fourth-order valence-electron chi connectivity index (χ4n) is 2.99. The summed E-state index contributed by atoms with van der Waals surface area (Å²) < 4.78 is 12.5. The summed E-state index contributed by atoms with van der Waals surface area (Å²) in [7, 11) is 1.70. The Balaban J connectivity index is 1.56. The van der Waals surface area contributed by atoms with Gasteiger partial charge in [0.15, 0.2) is 5.76 Å². The van der Waals surface area contributed by atoms with E-state index in [2.05, 4.69) is 14.5 Å². The Morgan fingerprint density at radius 1 is 1.33 bits per heavy atom. The lowest BCUT2D eigenvalue weighted by Gasteiger charge is -2.21. The number of carbonyl (C=O) groups excluding carboxylic acids is 1. The van der Waals surface area contributed by atoms with Crippen molar-refractivity contribution in [1.82, 2.24) is 19.4 Å². The lowest BCUT2D eigenvalue weighted by Crippen LogP contribution is -2.35. The fraction of sp³-hybridized carbons (Fsp3) is 0.529. The van der Waals surface area contributed by atoms with E-state index in [1.54, 1.807) is 25.5 Å². The molecule has 0 radical (unpaired) electrons. The van der Waals surface area contributed by atoms with Crippen molar-refractivity contribution in [2.24, 2.45) is 0 Å². The van der Waals surface area contributed by atoms with Gasteiger partial charge < -0.3 is 18.6 Å². The Kier molecular flexibility index (Phi) is 5.66. The minimum absolute atomic E-state index is 0.0213. The van der Waals surface area contributed by atoms with Crippen molar-refractivity contribution in [2.75, 3.05) is 39.9 Å². The van der Waals surface area contributed by atoms with Gasteiger partial charge in [0, 0.05) is 52.6 Å². The van der Waals surface area contributed by atoms with Crippen LogP contribution in [-0.2, 0) is 17.8 Å². The first kappa shape index (κ1) is 16.7. The average Bonchev–Trinajstić information content (AvgIpc) is 3.21. The van der Waals surface area contributed by atoms with Gasteiger partial charge in [-0.3, -0.25) is 9.69 Å². The van der Waals surface area contributed by atoms with Crippen LogP contribution in [0.2, 0.25) is 0 Å². The highest BCUT2D eigenvalue weighted by atomic mass is 16.5. The van der Waals surface area contributed by atoms with E-state index in [-0.39, 0.29) is 5.91 Å². The van der Waals surface area contributed by atoms with Crippen LogP contribution in [0, 0.1) is 0 Å². The highest BCUT2D eigenvalue weighted by molar-refractivity contribution is 5.91. The number of hydrogen-bond acceptors (Lipinski definition) is 5. The largest absolute Gasteiger partial charge is 0.459 e. The van der Waals surface area contributed by atoms with Gasteiger partial charge in [-0.15, -0.1) is 0 Å². The minimum atomic E-state index is -0.0213. The molecule has 7 heteroatoms. The van der Waals surface area contributed by atoms with Crippen LogP contribution in [0.5, 0.6) is 0 Å². The van der Waals surface area contributed by atoms with Crippen LogP contribution >= 0.6 is 0 Å². The first-order valence-electron chi connectivity index (χ1n) is 8.31. The van der Waals surface area contributed by atoms with Crippen molar-refractivity contribution in [1.29, 1.82) is 0 Å². The van der Waals surface area contributed by atoms with Crippen molar-refractivity contribution in [3.8, 4) is 0 Å². The first-order valence-corrected chi connectivity index (χ1v) is 8.31. The number of nitrogens with zero attached hydrogens (tertiary/aromatic N) is 4. The van der Waals surface area contributed by atoms with E-state index < -0.39 is 0 Å². The molecule has 0 unspecified atom stereocenters. The van der Waals surface area contributed by atoms with Crippen LogP contribution in [0.1, 0.15) is 22.7 Å². The Labute approximate surface area is 141 Å². The number of methoxy groups -OCH3 is 1. The fourth-order valence-corrected chi connectivity index (χ4v) is 2.99. The molecular weight excluding hydrogens is 308 g/mol. The Bertz CT molecular complexity index is 638. The second kappa shape index (κ2) is 8.12. The van der Waals surface area contributed by atoms with Gasteiger partial charge in [0.2, 0.25) is 0 Å². The van der Waals surface area contributed by atoms with Crippen molar-refractivity contribution >= 4 is 5.91 Å². The summed E-state index contributed by atoms with van der Waals surface area (Å²) in [6.07, 6.45) is 6.25. The van der Waals surface area contributed by atoms with E-state index in [0.29, 0.717) is 18.9 Å². The quantitative estimate of drug-likeness (QED) is 0.801. The number of furan rings is 1. The van der Waals surface area contributed by atoms with Gasteiger partial charge in [-0.25, -0.2) is 4.98 Å². The summed E-state index contributed by atoms with van der Waals surface area (Å²) in [6, 6.07) is 3.47. The molecule has 3 heterocycles. The van der Waals surface area contributed by atoms with Crippen LogP contribution in [0.4, 0.5) is 0 Å². The zero-order chi connectivity index (χ0) is 16.8. The zero-order valence-electron chi connectivity index (χ0n) is 14.1. The van der Waals surface area contributed by atoms with Crippen LogP contribution < -0.4 is 0 Å². The van der Waals surface area contributed by atoms with E-state index in [9.17, 15) is 4.79 Å². The summed E-state index contributed by atoms with van der Waals surface area (Å²) in [5.41, 5.74) is 1.18. The highest BCUT2D eigenvalue weighted by Gasteiger charge is 2.22. The van der Waals surface area contributed by atoms with Crippen LogP contribution in [0.15, 0.2) is 35.3 Å². The van der Waals surface area contributed by atoms with E-state index in [4.69, 9.17) is 9.15 Å². The normalized spacial score (nSPS) is 16.3. The smallest absolute Gasteiger partial charge is 0.289 e. The maximum Gasteiger partial charge on any atom is 0.289 e. The summed E-state index contributed by atoms with van der Waals surface area (Å²) in [4.78, 5) is 20.9. The second-order valence-corrected chi connectivity index (χ2v) is 5.97. The maximum atomic E-state index is 12.4. The highest BCUT2D eigenvalue weighted by Crippen LogP contribution is 2.12. The zero-order valence-corrected chi connectivity index (χ0v) is 14.1. The number of imidazole rings is 1. The van der Waals surface area contributed by atoms with Gasteiger partial charge in [-0.2, -0.15) is 0 Å². The van der Waals surface area contributed by atoms with Crippen molar-refractivity contribution < 1.29 is 13.9 Å². The molecule has 0 saturated carbocycles. The molecule has 2 aromatic rings. The molecule has 24 heavy (non-hydrogen) atoms. The van der Waals surface area contributed by atoms with E-state index in [1.165, 1.54) is 5.69 Å². The molecule has 0 bridgehead atoms. The monoisotopic (exact) mass is 332 g/mol. The van der Waals surface area contributed by atoms with Gasteiger partial charge in [0.1, 0.15) is 0 Å². The Hall–Kier alpha value is -2.12. The topological polar surface area (TPSA) is 63.7 Å².